The average Bonchev–Trinajstić information content (AvgIpc) is 1.85. The zero-order chi connectivity index (χ0) is 6.15. The average molecular weight is 131 g/mol. The number of rotatable bonds is 0. The molecule has 0 amide bonds. The number of hydrogen-bond donors (Lipinski definition) is 2. The molecule has 0 aromatic rings. The largest absolute Gasteiger partial charge is 0.298 e. The molecule has 2 unspecified atom stereocenters. The number of thiol groups is 1. The maximum Gasteiger partial charge on any atom is 0.151 e. The zero-order valence-corrected chi connectivity index (χ0v) is 5.61. The van der Waals surface area contributed by atoms with Crippen LogP contribution in [0.5, 0.6) is 0 Å². The van der Waals surface area contributed by atoms with Gasteiger partial charge in [0.1, 0.15) is 0 Å². The number of nitrogens with one attached hydrogen (secondary N) is 1. The summed E-state index contributed by atoms with van der Waals surface area (Å²) in [5, 5.41) is 3.08. The van der Waals surface area contributed by atoms with Crippen molar-refractivity contribution in [2.24, 2.45) is 0 Å². The summed E-state index contributed by atoms with van der Waals surface area (Å²) < 4.78 is 0. The van der Waals surface area contributed by atoms with Crippen LogP contribution >= 0.6 is 12.6 Å². The molecule has 46 valence electrons. The summed E-state index contributed by atoms with van der Waals surface area (Å²) in [5.74, 6) is 0.269. The Bertz CT molecular complexity index is 115. The molecule has 2 atom stereocenters. The van der Waals surface area contributed by atoms with Gasteiger partial charge >= 0.3 is 0 Å². The number of Topliss-reactive ketones (excluding diaryl/α,β-unsaturated/α-hetero) is 1. The summed E-state index contributed by atoms with van der Waals surface area (Å²) in [5.41, 5.74) is 0. The number of ketones is 1. The Morgan fingerprint density at radius 3 is 2.62 bits per heavy atom. The van der Waals surface area contributed by atoms with Crippen LogP contribution in [0.2, 0.25) is 0 Å². The first-order chi connectivity index (χ1) is 3.70. The molecule has 1 heterocycles. The van der Waals surface area contributed by atoms with Crippen molar-refractivity contribution < 1.29 is 4.79 Å². The minimum atomic E-state index is 0.0255. The highest BCUT2D eigenvalue weighted by Crippen LogP contribution is 2.09. The zero-order valence-electron chi connectivity index (χ0n) is 4.72. The van der Waals surface area contributed by atoms with Crippen LogP contribution in [0.4, 0.5) is 0 Å². The molecule has 0 bridgehead atoms. The first-order valence-electron chi connectivity index (χ1n) is 2.67. The van der Waals surface area contributed by atoms with Crippen LogP contribution in [0, 0.1) is 0 Å². The molecular weight excluding hydrogens is 122 g/mol. The Labute approximate surface area is 54.1 Å². The lowest BCUT2D eigenvalue weighted by Gasteiger charge is -1.99. The van der Waals surface area contributed by atoms with Crippen LogP contribution in [0.1, 0.15) is 13.3 Å². The van der Waals surface area contributed by atoms with Crippen LogP contribution in [0.25, 0.3) is 0 Å². The van der Waals surface area contributed by atoms with E-state index in [1.54, 1.807) is 0 Å². The molecule has 1 saturated heterocycles. The smallest absolute Gasteiger partial charge is 0.151 e. The first kappa shape index (κ1) is 6.11. The lowest BCUT2D eigenvalue weighted by Crippen LogP contribution is -2.25. The molecule has 0 aromatic heterocycles. The highest BCUT2D eigenvalue weighted by molar-refractivity contribution is 7.80. The number of carbonyl (C=O) groups is 1. The summed E-state index contributed by atoms with van der Waals surface area (Å²) in [7, 11) is 0. The molecular formula is C5H9NOS. The van der Waals surface area contributed by atoms with Crippen LogP contribution in [-0.4, -0.2) is 17.2 Å². The molecule has 1 N–H and O–H groups in total. The Balaban J connectivity index is 2.51. The van der Waals surface area contributed by atoms with Crippen molar-refractivity contribution in [3.8, 4) is 0 Å². The summed E-state index contributed by atoms with van der Waals surface area (Å²) in [6.07, 6.45) is 0.574. The third kappa shape index (κ3) is 1.03. The van der Waals surface area contributed by atoms with Gasteiger partial charge in [-0.3, -0.25) is 10.1 Å². The highest BCUT2D eigenvalue weighted by Gasteiger charge is 2.24. The fourth-order valence-corrected chi connectivity index (χ4v) is 1.21. The van der Waals surface area contributed by atoms with E-state index in [0.29, 0.717) is 6.42 Å². The molecule has 0 aliphatic carbocycles. The maximum absolute atomic E-state index is 10.7. The van der Waals surface area contributed by atoms with Crippen LogP contribution in [-0.2, 0) is 4.79 Å². The van der Waals surface area contributed by atoms with E-state index < -0.39 is 0 Å². The predicted octanol–water partition coefficient (Wildman–Crippen LogP) is 0.193. The van der Waals surface area contributed by atoms with Gasteiger partial charge in [0.05, 0.1) is 11.4 Å². The van der Waals surface area contributed by atoms with E-state index in [-0.39, 0.29) is 17.2 Å². The molecule has 0 spiro atoms. The lowest BCUT2D eigenvalue weighted by molar-refractivity contribution is -0.118. The van der Waals surface area contributed by atoms with Gasteiger partial charge in [0.15, 0.2) is 5.78 Å². The van der Waals surface area contributed by atoms with E-state index in [2.05, 4.69) is 17.9 Å². The van der Waals surface area contributed by atoms with Crippen molar-refractivity contribution in [1.82, 2.24) is 5.32 Å². The van der Waals surface area contributed by atoms with Gasteiger partial charge in [-0.05, 0) is 6.92 Å². The van der Waals surface area contributed by atoms with E-state index in [0.717, 1.165) is 0 Å². The number of hydrogen-bond acceptors (Lipinski definition) is 3. The summed E-state index contributed by atoms with van der Waals surface area (Å²) in [6, 6.07) is 0.0255. The van der Waals surface area contributed by atoms with Gasteiger partial charge in [-0.1, -0.05) is 0 Å². The van der Waals surface area contributed by atoms with Crippen molar-refractivity contribution in [1.29, 1.82) is 0 Å². The van der Waals surface area contributed by atoms with E-state index in [1.807, 2.05) is 6.92 Å². The first-order valence-corrected chi connectivity index (χ1v) is 3.18. The second kappa shape index (κ2) is 2.07. The second-order valence-electron chi connectivity index (χ2n) is 2.07. The summed E-state index contributed by atoms with van der Waals surface area (Å²) in [6.45, 7) is 1.86. The number of carbonyl (C=O) groups excluding carboxylic acids is 1. The third-order valence-corrected chi connectivity index (χ3v) is 1.65. The van der Waals surface area contributed by atoms with Gasteiger partial charge in [-0.15, -0.1) is 0 Å². The molecule has 1 fully saturated rings. The van der Waals surface area contributed by atoms with Crippen molar-refractivity contribution in [2.75, 3.05) is 0 Å². The highest BCUT2D eigenvalue weighted by atomic mass is 32.1. The summed E-state index contributed by atoms with van der Waals surface area (Å²) in [4.78, 5) is 10.7. The van der Waals surface area contributed by atoms with Gasteiger partial charge < -0.3 is 0 Å². The Morgan fingerprint density at radius 2 is 2.50 bits per heavy atom. The molecule has 1 aliphatic rings. The van der Waals surface area contributed by atoms with Crippen LogP contribution in [0.3, 0.4) is 0 Å². The van der Waals surface area contributed by atoms with Gasteiger partial charge in [0.2, 0.25) is 0 Å². The van der Waals surface area contributed by atoms with Crippen molar-refractivity contribution >= 4 is 18.4 Å². The van der Waals surface area contributed by atoms with E-state index in [4.69, 9.17) is 0 Å². The second-order valence-corrected chi connectivity index (χ2v) is 2.70. The fourth-order valence-electron chi connectivity index (χ4n) is 0.808. The molecule has 1 rings (SSSR count). The molecule has 0 radical (unpaired) electrons. The molecule has 3 heteroatoms. The minimum absolute atomic E-state index is 0.0255. The third-order valence-electron chi connectivity index (χ3n) is 1.32. The fraction of sp³-hybridized carbons (Fsp3) is 0.800. The Hall–Kier alpha value is -0.0200. The van der Waals surface area contributed by atoms with Gasteiger partial charge in [0.25, 0.3) is 0 Å². The molecule has 1 aliphatic heterocycles. The van der Waals surface area contributed by atoms with Gasteiger partial charge in [-0.2, -0.15) is 12.6 Å². The monoisotopic (exact) mass is 131 g/mol. The Kier molecular flexibility index (Phi) is 1.58. The molecule has 0 saturated carbocycles. The quantitative estimate of drug-likeness (QED) is 0.460. The van der Waals surface area contributed by atoms with Gasteiger partial charge in [-0.25, -0.2) is 0 Å². The minimum Gasteiger partial charge on any atom is -0.298 e. The molecule has 8 heavy (non-hydrogen) atoms. The van der Waals surface area contributed by atoms with Crippen molar-refractivity contribution in [2.45, 2.75) is 24.8 Å². The van der Waals surface area contributed by atoms with Gasteiger partial charge in [0, 0.05) is 6.42 Å². The lowest BCUT2D eigenvalue weighted by atomic mass is 10.2. The SMILES string of the molecule is CC1NC(S)CC1=O. The Morgan fingerprint density at radius 1 is 1.88 bits per heavy atom. The van der Waals surface area contributed by atoms with Crippen LogP contribution < -0.4 is 5.32 Å². The predicted molar refractivity (Wildman–Crippen MR) is 35.0 cm³/mol. The standard InChI is InChI=1S/C5H9NOS/c1-3-4(7)2-5(8)6-3/h3,5-6,8H,2H2,1H3. The topological polar surface area (TPSA) is 29.1 Å². The molecule has 0 aromatic carbocycles. The van der Waals surface area contributed by atoms with Crippen molar-refractivity contribution in [3.05, 3.63) is 0 Å². The van der Waals surface area contributed by atoms with E-state index >= 15 is 0 Å². The van der Waals surface area contributed by atoms with Crippen molar-refractivity contribution in [3.63, 3.8) is 0 Å². The van der Waals surface area contributed by atoms with Crippen LogP contribution in [0.15, 0.2) is 0 Å². The van der Waals surface area contributed by atoms with E-state index in [1.165, 1.54) is 0 Å². The van der Waals surface area contributed by atoms with E-state index in [9.17, 15) is 4.79 Å². The maximum atomic E-state index is 10.7. The summed E-state index contributed by atoms with van der Waals surface area (Å²) >= 11 is 4.08. The normalized spacial score (nSPS) is 38.5. The molecule has 2 nitrogen and oxygen atoms in total.